The first-order chi connectivity index (χ1) is 8.92. The van der Waals surface area contributed by atoms with Crippen LogP contribution in [-0.4, -0.2) is 24.8 Å². The Hall–Kier alpha value is -1.98. The molecule has 0 fully saturated rings. The number of primary amides is 1. The third-order valence-corrected chi connectivity index (χ3v) is 2.81. The van der Waals surface area contributed by atoms with Crippen molar-refractivity contribution in [3.05, 3.63) is 29.3 Å². The molecule has 4 nitrogen and oxygen atoms in total. The van der Waals surface area contributed by atoms with Crippen molar-refractivity contribution in [2.45, 2.75) is 26.3 Å². The van der Waals surface area contributed by atoms with E-state index in [0.717, 1.165) is 12.1 Å². The molecule has 0 saturated heterocycles. The van der Waals surface area contributed by atoms with E-state index in [1.165, 1.54) is 11.8 Å². The van der Waals surface area contributed by atoms with Gasteiger partial charge in [-0.15, -0.1) is 0 Å². The number of aldehydes is 1. The lowest BCUT2D eigenvalue weighted by molar-refractivity contribution is -0.118. The molecule has 0 saturated carbocycles. The van der Waals surface area contributed by atoms with Gasteiger partial charge in [-0.05, 0) is 25.5 Å². The van der Waals surface area contributed by atoms with Gasteiger partial charge in [0.15, 0.2) is 0 Å². The van der Waals surface area contributed by atoms with E-state index in [2.05, 4.69) is 0 Å². The lowest BCUT2D eigenvalue weighted by Gasteiger charge is -2.29. The molecule has 1 atom stereocenters. The van der Waals surface area contributed by atoms with Crippen molar-refractivity contribution < 1.29 is 18.4 Å². The summed E-state index contributed by atoms with van der Waals surface area (Å²) in [7, 11) is 0. The number of benzene rings is 1. The number of carbonyl (C=O) groups is 2. The minimum atomic E-state index is -0.886. The maximum absolute atomic E-state index is 13.9. The third kappa shape index (κ3) is 3.27. The van der Waals surface area contributed by atoms with Gasteiger partial charge in [0.2, 0.25) is 5.91 Å². The largest absolute Gasteiger partial charge is 0.368 e. The summed E-state index contributed by atoms with van der Waals surface area (Å²) in [4.78, 5) is 23.0. The number of anilines is 1. The van der Waals surface area contributed by atoms with Crippen LogP contribution < -0.4 is 10.6 Å². The molecule has 1 aromatic rings. The Labute approximate surface area is 110 Å². The highest BCUT2D eigenvalue weighted by molar-refractivity contribution is 5.84. The van der Waals surface area contributed by atoms with Crippen molar-refractivity contribution in [2.24, 2.45) is 5.73 Å². The van der Waals surface area contributed by atoms with Crippen LogP contribution >= 0.6 is 0 Å². The molecule has 2 N–H and O–H groups in total. The van der Waals surface area contributed by atoms with Crippen LogP contribution in [0, 0.1) is 11.6 Å². The molecule has 6 heteroatoms. The average molecular weight is 270 g/mol. The van der Waals surface area contributed by atoms with Gasteiger partial charge in [0.1, 0.15) is 29.6 Å². The van der Waals surface area contributed by atoms with Crippen LogP contribution in [-0.2, 0) is 4.79 Å². The third-order valence-electron chi connectivity index (χ3n) is 2.81. The monoisotopic (exact) mass is 270 g/mol. The molecule has 0 heterocycles. The van der Waals surface area contributed by atoms with Gasteiger partial charge in [0.25, 0.3) is 0 Å². The van der Waals surface area contributed by atoms with Crippen molar-refractivity contribution in [1.29, 1.82) is 0 Å². The van der Waals surface area contributed by atoms with Gasteiger partial charge in [-0.2, -0.15) is 0 Å². The van der Waals surface area contributed by atoms with E-state index in [9.17, 15) is 18.4 Å². The van der Waals surface area contributed by atoms with E-state index < -0.39 is 23.6 Å². The van der Waals surface area contributed by atoms with E-state index in [4.69, 9.17) is 5.73 Å². The average Bonchev–Trinajstić information content (AvgIpc) is 2.35. The molecule has 19 heavy (non-hydrogen) atoms. The van der Waals surface area contributed by atoms with Crippen LogP contribution in [0.25, 0.3) is 0 Å². The molecular formula is C13H16F2N2O2. The van der Waals surface area contributed by atoms with Crippen molar-refractivity contribution in [2.75, 3.05) is 11.4 Å². The summed E-state index contributed by atoms with van der Waals surface area (Å²) in [6, 6.07) is 1.02. The second kappa shape index (κ2) is 6.26. The van der Waals surface area contributed by atoms with Crippen LogP contribution in [0.2, 0.25) is 0 Å². The second-order valence-electron chi connectivity index (χ2n) is 4.22. The number of hydrogen-bond acceptors (Lipinski definition) is 3. The summed E-state index contributed by atoms with van der Waals surface area (Å²) < 4.78 is 27.8. The molecule has 0 aliphatic rings. The Kier molecular flexibility index (Phi) is 4.97. The molecule has 0 aliphatic heterocycles. The highest BCUT2D eigenvalue weighted by Crippen LogP contribution is 2.26. The summed E-state index contributed by atoms with van der Waals surface area (Å²) in [5.41, 5.74) is 4.75. The van der Waals surface area contributed by atoms with Gasteiger partial charge in [0, 0.05) is 12.1 Å². The predicted octanol–water partition coefficient (Wildman–Crippen LogP) is 1.87. The lowest BCUT2D eigenvalue weighted by Crippen LogP contribution is -2.44. The Morgan fingerprint density at radius 1 is 1.42 bits per heavy atom. The van der Waals surface area contributed by atoms with Crippen molar-refractivity contribution >= 4 is 17.9 Å². The van der Waals surface area contributed by atoms with Gasteiger partial charge in [0.05, 0.1) is 0 Å². The summed E-state index contributed by atoms with van der Waals surface area (Å²) >= 11 is 0. The van der Waals surface area contributed by atoms with Crippen LogP contribution in [0.3, 0.4) is 0 Å². The molecule has 0 radical (unpaired) electrons. The quantitative estimate of drug-likeness (QED) is 0.803. The van der Waals surface area contributed by atoms with Gasteiger partial charge in [-0.3, -0.25) is 9.59 Å². The normalized spacial score (nSPS) is 12.0. The standard InChI is InChI=1S/C13H16F2N2O2/c1-3-4-17(8(2)13(16)19)12-10(14)5-9(7-18)6-11(12)15/h5-8H,3-4H2,1-2H3,(H2,16,19). The molecule has 1 rings (SSSR count). The van der Waals surface area contributed by atoms with Crippen LogP contribution in [0.4, 0.5) is 14.5 Å². The molecule has 0 spiro atoms. The van der Waals surface area contributed by atoms with E-state index >= 15 is 0 Å². The zero-order valence-electron chi connectivity index (χ0n) is 10.8. The molecular weight excluding hydrogens is 254 g/mol. The number of amides is 1. The zero-order chi connectivity index (χ0) is 14.6. The fourth-order valence-corrected chi connectivity index (χ4v) is 1.82. The number of hydrogen-bond donors (Lipinski definition) is 1. The minimum absolute atomic E-state index is 0.0954. The Morgan fingerprint density at radius 2 is 1.95 bits per heavy atom. The van der Waals surface area contributed by atoms with Crippen molar-refractivity contribution in [1.82, 2.24) is 0 Å². The Balaban J connectivity index is 3.30. The van der Waals surface area contributed by atoms with E-state index in [-0.39, 0.29) is 17.8 Å². The summed E-state index contributed by atoms with van der Waals surface area (Å²) in [6.45, 7) is 3.57. The number of nitrogens with two attached hydrogens (primary N) is 1. The Bertz CT molecular complexity index is 469. The highest BCUT2D eigenvalue weighted by Gasteiger charge is 2.24. The highest BCUT2D eigenvalue weighted by atomic mass is 19.1. The van der Waals surface area contributed by atoms with Crippen molar-refractivity contribution in [3.8, 4) is 0 Å². The van der Waals surface area contributed by atoms with Crippen LogP contribution in [0.15, 0.2) is 12.1 Å². The molecule has 0 aromatic heterocycles. The topological polar surface area (TPSA) is 63.4 Å². The maximum atomic E-state index is 13.9. The van der Waals surface area contributed by atoms with Gasteiger partial charge in [-0.1, -0.05) is 6.92 Å². The molecule has 104 valence electrons. The molecule has 1 unspecified atom stereocenters. The number of halogens is 2. The number of rotatable bonds is 6. The lowest BCUT2D eigenvalue weighted by atomic mass is 10.1. The first-order valence-electron chi connectivity index (χ1n) is 5.92. The zero-order valence-corrected chi connectivity index (χ0v) is 10.8. The minimum Gasteiger partial charge on any atom is -0.368 e. The Morgan fingerprint density at radius 3 is 2.32 bits per heavy atom. The van der Waals surface area contributed by atoms with Gasteiger partial charge < -0.3 is 10.6 Å². The van der Waals surface area contributed by atoms with E-state index in [1.54, 1.807) is 0 Å². The van der Waals surface area contributed by atoms with Crippen molar-refractivity contribution in [3.63, 3.8) is 0 Å². The number of carbonyl (C=O) groups excluding carboxylic acids is 2. The summed E-state index contributed by atoms with van der Waals surface area (Å²) in [6.07, 6.45) is 0.948. The first kappa shape index (κ1) is 15.1. The van der Waals surface area contributed by atoms with E-state index in [1.807, 2.05) is 6.92 Å². The van der Waals surface area contributed by atoms with E-state index in [0.29, 0.717) is 12.7 Å². The van der Waals surface area contributed by atoms with Gasteiger partial charge in [-0.25, -0.2) is 8.78 Å². The van der Waals surface area contributed by atoms with Crippen LogP contribution in [0.1, 0.15) is 30.6 Å². The maximum Gasteiger partial charge on any atom is 0.239 e. The van der Waals surface area contributed by atoms with Crippen LogP contribution in [0.5, 0.6) is 0 Å². The molecule has 1 aromatic carbocycles. The summed E-state index contributed by atoms with van der Waals surface area (Å²) in [5.74, 6) is -2.45. The predicted molar refractivity (Wildman–Crippen MR) is 68.0 cm³/mol. The van der Waals surface area contributed by atoms with Gasteiger partial charge >= 0.3 is 0 Å². The smallest absolute Gasteiger partial charge is 0.239 e. The molecule has 0 bridgehead atoms. The fourth-order valence-electron chi connectivity index (χ4n) is 1.82. The molecule has 1 amide bonds. The summed E-state index contributed by atoms with van der Waals surface area (Å²) in [5, 5.41) is 0. The SMILES string of the molecule is CCCN(c1c(F)cc(C=O)cc1F)C(C)C(N)=O. The number of nitrogens with zero attached hydrogens (tertiary/aromatic N) is 1. The first-order valence-corrected chi connectivity index (χ1v) is 5.92. The molecule has 0 aliphatic carbocycles. The second-order valence-corrected chi connectivity index (χ2v) is 4.22. The fraction of sp³-hybridized carbons (Fsp3) is 0.385.